The van der Waals surface area contributed by atoms with Crippen molar-refractivity contribution in [3.8, 4) is 11.5 Å². The fourth-order valence-corrected chi connectivity index (χ4v) is 6.60. The number of hydrogen-bond acceptors (Lipinski definition) is 10. The number of rotatable bonds is 13. The van der Waals surface area contributed by atoms with E-state index in [0.717, 1.165) is 16.7 Å². The molecule has 0 aromatic heterocycles. The van der Waals surface area contributed by atoms with Crippen molar-refractivity contribution < 1.29 is 42.5 Å². The summed E-state index contributed by atoms with van der Waals surface area (Å²) in [4.78, 5) is -0.357. The second kappa shape index (κ2) is 13.3. The van der Waals surface area contributed by atoms with Crippen molar-refractivity contribution >= 4 is 30.4 Å². The lowest BCUT2D eigenvalue weighted by atomic mass is 10.2. The van der Waals surface area contributed by atoms with Gasteiger partial charge in [-0.25, -0.2) is 0 Å². The van der Waals surface area contributed by atoms with Gasteiger partial charge in [0, 0.05) is 0 Å². The molecule has 4 aromatic carbocycles. The van der Waals surface area contributed by atoms with Crippen LogP contribution < -0.4 is 8.92 Å². The molecular formula is C30H30O10S3. The minimum absolute atomic E-state index is 0.0547. The van der Waals surface area contributed by atoms with Crippen molar-refractivity contribution in [2.75, 3.05) is 13.2 Å². The Morgan fingerprint density at radius 3 is 1.42 bits per heavy atom. The highest BCUT2D eigenvalue weighted by atomic mass is 32.2. The van der Waals surface area contributed by atoms with Crippen LogP contribution in [0.5, 0.6) is 11.5 Å². The van der Waals surface area contributed by atoms with Gasteiger partial charge in [-0.05, 0) is 69.3 Å². The highest BCUT2D eigenvalue weighted by Crippen LogP contribution is 2.30. The minimum Gasteiger partial charge on any atom is -0.487 e. The summed E-state index contributed by atoms with van der Waals surface area (Å²) in [6.07, 6.45) is -1.46. The summed E-state index contributed by atoms with van der Waals surface area (Å²) in [5.41, 5.74) is 2.52. The van der Waals surface area contributed by atoms with Crippen LogP contribution in [0.1, 0.15) is 16.7 Å². The first-order valence-electron chi connectivity index (χ1n) is 12.9. The third kappa shape index (κ3) is 8.65. The Hall–Kier alpha value is -3.75. The van der Waals surface area contributed by atoms with Gasteiger partial charge in [0.15, 0.2) is 11.5 Å². The van der Waals surface area contributed by atoms with Crippen LogP contribution >= 0.6 is 0 Å². The zero-order chi connectivity index (χ0) is 31.3. The Morgan fingerprint density at radius 2 is 0.930 bits per heavy atom. The Kier molecular flexibility index (Phi) is 9.93. The number of aryl methyl sites for hydroxylation is 3. The number of para-hydroxylation sites is 2. The number of benzene rings is 4. The molecule has 0 aliphatic rings. The molecule has 4 rings (SSSR count). The average molecular weight is 647 g/mol. The van der Waals surface area contributed by atoms with Gasteiger partial charge in [0.05, 0.1) is 16.4 Å². The lowest BCUT2D eigenvalue weighted by Gasteiger charge is -2.19. The van der Waals surface area contributed by atoms with Gasteiger partial charge in [-0.1, -0.05) is 65.2 Å². The van der Waals surface area contributed by atoms with Crippen LogP contribution in [-0.2, 0) is 38.7 Å². The fourth-order valence-electron chi connectivity index (χ4n) is 3.67. The van der Waals surface area contributed by atoms with Gasteiger partial charge in [-0.15, -0.1) is 0 Å². The van der Waals surface area contributed by atoms with Gasteiger partial charge in [0.2, 0.25) is 0 Å². The van der Waals surface area contributed by atoms with E-state index >= 15 is 0 Å². The maximum absolute atomic E-state index is 13.0. The lowest BCUT2D eigenvalue weighted by Crippen LogP contribution is -2.31. The van der Waals surface area contributed by atoms with Crippen LogP contribution in [0.15, 0.2) is 112 Å². The van der Waals surface area contributed by atoms with Gasteiger partial charge < -0.3 is 8.92 Å². The zero-order valence-electron chi connectivity index (χ0n) is 23.5. The van der Waals surface area contributed by atoms with Crippen molar-refractivity contribution in [1.29, 1.82) is 0 Å². The predicted octanol–water partition coefficient (Wildman–Crippen LogP) is 4.94. The van der Waals surface area contributed by atoms with Crippen LogP contribution in [0, 0.1) is 20.8 Å². The Labute approximate surface area is 252 Å². The van der Waals surface area contributed by atoms with Crippen LogP contribution in [0.4, 0.5) is 0 Å². The highest BCUT2D eigenvalue weighted by Gasteiger charge is 2.27. The van der Waals surface area contributed by atoms with Gasteiger partial charge in [0.25, 0.3) is 20.2 Å². The molecule has 0 aliphatic heterocycles. The maximum Gasteiger partial charge on any atom is 0.339 e. The van der Waals surface area contributed by atoms with E-state index in [9.17, 15) is 25.3 Å². The van der Waals surface area contributed by atoms with Gasteiger partial charge >= 0.3 is 10.1 Å². The average Bonchev–Trinajstić information content (AvgIpc) is 2.95. The van der Waals surface area contributed by atoms with Crippen LogP contribution in [-0.4, -0.2) is 44.6 Å². The van der Waals surface area contributed by atoms with Crippen LogP contribution in [0.25, 0.3) is 0 Å². The van der Waals surface area contributed by atoms with Crippen molar-refractivity contribution in [1.82, 2.24) is 0 Å². The Bertz CT molecular complexity index is 1870. The van der Waals surface area contributed by atoms with Crippen molar-refractivity contribution in [2.45, 2.75) is 41.6 Å². The first-order valence-corrected chi connectivity index (χ1v) is 17.2. The molecule has 228 valence electrons. The SMILES string of the molecule is Cc1ccc(S(=O)(=O)OC[C@H](COc2ccccc2OS(=O)(=O)c2ccc(C)cc2)OS(=O)(=O)c2ccc(C)cc2)cc1. The summed E-state index contributed by atoms with van der Waals surface area (Å²) in [5.74, 6) is -0.225. The van der Waals surface area contributed by atoms with Crippen LogP contribution in [0.3, 0.4) is 0 Å². The largest absolute Gasteiger partial charge is 0.487 e. The first kappa shape index (κ1) is 32.2. The molecule has 0 unspecified atom stereocenters. The highest BCUT2D eigenvalue weighted by molar-refractivity contribution is 7.87. The Balaban J connectivity index is 1.56. The molecule has 0 radical (unpaired) electrons. The first-order chi connectivity index (χ1) is 20.2. The van der Waals surface area contributed by atoms with Gasteiger partial charge in [0.1, 0.15) is 17.6 Å². The van der Waals surface area contributed by atoms with E-state index in [2.05, 4.69) is 0 Å². The molecule has 43 heavy (non-hydrogen) atoms. The smallest absolute Gasteiger partial charge is 0.339 e. The lowest BCUT2D eigenvalue weighted by molar-refractivity contribution is 0.0877. The summed E-state index contributed by atoms with van der Waals surface area (Å²) in [7, 11) is -12.9. The minimum atomic E-state index is -4.38. The molecule has 0 N–H and O–H groups in total. The molecule has 4 aromatic rings. The summed E-state index contributed by atoms with van der Waals surface area (Å²) in [6, 6.07) is 23.7. The topological polar surface area (TPSA) is 139 Å². The van der Waals surface area contributed by atoms with E-state index in [1.807, 2.05) is 6.92 Å². The molecule has 10 nitrogen and oxygen atoms in total. The second-order valence-corrected chi connectivity index (χ2v) is 14.4. The van der Waals surface area contributed by atoms with Crippen molar-refractivity contribution in [2.24, 2.45) is 0 Å². The summed E-state index contributed by atoms with van der Waals surface area (Å²) in [6.45, 7) is 4.12. The second-order valence-electron chi connectivity index (χ2n) is 9.65. The monoisotopic (exact) mass is 646 g/mol. The molecule has 0 fully saturated rings. The summed E-state index contributed by atoms with van der Waals surface area (Å²) in [5, 5.41) is 0. The Morgan fingerprint density at radius 1 is 0.512 bits per heavy atom. The summed E-state index contributed by atoms with van der Waals surface area (Å²) >= 11 is 0. The molecule has 0 bridgehead atoms. The standard InChI is InChI=1S/C30H30O10S3/c1-22-8-14-26(15-9-22)41(31,32)38-21-25(39-42(33,34)27-16-10-23(2)11-17-27)20-37-29-6-4-5-7-30(29)40-43(35,36)28-18-12-24(3)13-19-28/h4-19,25H,20-21H2,1-3H3/t25-/m0/s1. The van der Waals surface area contributed by atoms with E-state index in [4.69, 9.17) is 17.3 Å². The quantitative estimate of drug-likeness (QED) is 0.184. The fraction of sp³-hybridized carbons (Fsp3) is 0.200. The molecule has 0 heterocycles. The molecule has 0 aliphatic carbocycles. The zero-order valence-corrected chi connectivity index (χ0v) is 26.0. The molecular weight excluding hydrogens is 617 g/mol. The molecule has 13 heteroatoms. The van der Waals surface area contributed by atoms with E-state index in [1.54, 1.807) is 56.3 Å². The third-order valence-electron chi connectivity index (χ3n) is 6.07. The van der Waals surface area contributed by atoms with E-state index < -0.39 is 49.7 Å². The normalized spacial score (nSPS) is 12.9. The maximum atomic E-state index is 13.0. The van der Waals surface area contributed by atoms with Crippen molar-refractivity contribution in [3.63, 3.8) is 0 Å². The van der Waals surface area contributed by atoms with Crippen LogP contribution in [0.2, 0.25) is 0 Å². The van der Waals surface area contributed by atoms with E-state index in [1.165, 1.54) is 54.6 Å². The van der Waals surface area contributed by atoms with E-state index in [0.29, 0.717) is 0 Å². The molecule has 0 spiro atoms. The van der Waals surface area contributed by atoms with E-state index in [-0.39, 0.29) is 26.2 Å². The molecule has 0 saturated heterocycles. The van der Waals surface area contributed by atoms with Gasteiger partial charge in [-0.3, -0.25) is 8.37 Å². The molecule has 0 saturated carbocycles. The van der Waals surface area contributed by atoms with Gasteiger partial charge in [-0.2, -0.15) is 25.3 Å². The van der Waals surface area contributed by atoms with Crippen molar-refractivity contribution in [3.05, 3.63) is 114 Å². The molecule has 1 atom stereocenters. The predicted molar refractivity (Wildman–Crippen MR) is 158 cm³/mol. The third-order valence-corrected chi connectivity index (χ3v) is 9.99. The molecule has 0 amide bonds. The summed E-state index contributed by atoms with van der Waals surface area (Å²) < 4.78 is 99.0. The number of hydrogen-bond donors (Lipinski definition) is 0. The number of ether oxygens (including phenoxy) is 1.